The third-order valence-corrected chi connectivity index (χ3v) is 4.34. The van der Waals surface area contributed by atoms with Gasteiger partial charge in [-0.05, 0) is 63.5 Å². The Morgan fingerprint density at radius 1 is 0.750 bits per heavy atom. The molecule has 0 unspecified atom stereocenters. The highest BCUT2D eigenvalue weighted by Gasteiger charge is 2.43. The molecule has 3 rings (SSSR count). The Labute approximate surface area is 75.1 Å². The summed E-state index contributed by atoms with van der Waals surface area (Å²) in [7, 11) is 0. The van der Waals surface area contributed by atoms with Gasteiger partial charge in [-0.1, -0.05) is 0 Å². The average Bonchev–Trinajstić information content (AvgIpc) is 2.52. The van der Waals surface area contributed by atoms with Crippen LogP contribution in [0.3, 0.4) is 0 Å². The fraction of sp³-hybridized carbons (Fsp3) is 1.00. The van der Waals surface area contributed by atoms with Crippen molar-refractivity contribution in [2.45, 2.75) is 44.6 Å². The zero-order valence-corrected chi connectivity index (χ0v) is 7.84. The normalized spacial score (nSPS) is 47.5. The van der Waals surface area contributed by atoms with Crippen LogP contribution in [-0.4, -0.2) is 24.0 Å². The first-order valence-electron chi connectivity index (χ1n) is 5.69. The summed E-state index contributed by atoms with van der Waals surface area (Å²) in [5.74, 6) is 2.20. The van der Waals surface area contributed by atoms with E-state index in [9.17, 15) is 0 Å². The molecule has 1 aliphatic carbocycles. The first-order chi connectivity index (χ1) is 5.95. The van der Waals surface area contributed by atoms with Crippen molar-refractivity contribution in [3.8, 4) is 0 Å². The van der Waals surface area contributed by atoms with Gasteiger partial charge in [-0.3, -0.25) is 4.90 Å². The maximum absolute atomic E-state index is 2.80. The molecule has 68 valence electrons. The van der Waals surface area contributed by atoms with Crippen molar-refractivity contribution in [1.82, 2.24) is 4.90 Å². The van der Waals surface area contributed by atoms with E-state index in [0.717, 1.165) is 17.9 Å². The highest BCUT2D eigenvalue weighted by Crippen LogP contribution is 2.44. The topological polar surface area (TPSA) is 3.24 Å². The number of piperidine rings is 2. The average molecular weight is 165 g/mol. The predicted molar refractivity (Wildman–Crippen MR) is 50.0 cm³/mol. The summed E-state index contributed by atoms with van der Waals surface area (Å²) in [4.78, 5) is 2.80. The largest absolute Gasteiger partial charge is 0.300 e. The van der Waals surface area contributed by atoms with E-state index in [2.05, 4.69) is 4.90 Å². The molecular formula is C11H19N. The van der Waals surface area contributed by atoms with Crippen molar-refractivity contribution in [3.63, 3.8) is 0 Å². The minimum Gasteiger partial charge on any atom is -0.300 e. The molecule has 0 spiro atoms. The van der Waals surface area contributed by atoms with E-state index in [1.807, 2.05) is 0 Å². The number of nitrogens with zero attached hydrogens (tertiary/aromatic N) is 1. The molecule has 2 saturated heterocycles. The van der Waals surface area contributed by atoms with Crippen LogP contribution in [0.1, 0.15) is 38.5 Å². The standard InChI is InChI=1S/C11H19N/c1-3-9-5-6-10-4-2-8-12(7-1)11(9)10/h9-11H,1-8H2/t9-,10-/m0/s1. The maximum Gasteiger partial charge on any atom is 0.0152 e. The van der Waals surface area contributed by atoms with Gasteiger partial charge < -0.3 is 0 Å². The van der Waals surface area contributed by atoms with Crippen LogP contribution in [0, 0.1) is 11.8 Å². The summed E-state index contributed by atoms with van der Waals surface area (Å²) in [6, 6.07) is 1.03. The van der Waals surface area contributed by atoms with Crippen molar-refractivity contribution in [3.05, 3.63) is 0 Å². The van der Waals surface area contributed by atoms with E-state index in [4.69, 9.17) is 0 Å². The van der Waals surface area contributed by atoms with Crippen molar-refractivity contribution in [2.24, 2.45) is 11.8 Å². The molecule has 3 aliphatic rings. The maximum atomic E-state index is 2.80. The van der Waals surface area contributed by atoms with Crippen molar-refractivity contribution < 1.29 is 0 Å². The van der Waals surface area contributed by atoms with Crippen LogP contribution < -0.4 is 0 Å². The third kappa shape index (κ3) is 0.953. The van der Waals surface area contributed by atoms with Crippen LogP contribution in [0.15, 0.2) is 0 Å². The zero-order valence-electron chi connectivity index (χ0n) is 7.84. The fourth-order valence-corrected chi connectivity index (χ4v) is 3.90. The van der Waals surface area contributed by atoms with Crippen LogP contribution in [0.25, 0.3) is 0 Å². The van der Waals surface area contributed by atoms with Gasteiger partial charge in [0.1, 0.15) is 0 Å². The number of rotatable bonds is 0. The lowest BCUT2D eigenvalue weighted by molar-refractivity contribution is 0.0521. The second kappa shape index (κ2) is 2.73. The Balaban J connectivity index is 1.84. The van der Waals surface area contributed by atoms with E-state index < -0.39 is 0 Å². The lowest BCUT2D eigenvalue weighted by atomic mass is 9.83. The highest BCUT2D eigenvalue weighted by molar-refractivity contribution is 4.96. The molecule has 0 N–H and O–H groups in total. The Hall–Kier alpha value is -0.0400. The first-order valence-corrected chi connectivity index (χ1v) is 5.69. The molecule has 3 fully saturated rings. The van der Waals surface area contributed by atoms with Crippen molar-refractivity contribution in [2.75, 3.05) is 13.1 Å². The van der Waals surface area contributed by atoms with Crippen molar-refractivity contribution in [1.29, 1.82) is 0 Å². The van der Waals surface area contributed by atoms with Gasteiger partial charge in [-0.2, -0.15) is 0 Å². The molecule has 2 heterocycles. The minimum absolute atomic E-state index is 1.03. The van der Waals surface area contributed by atoms with Gasteiger partial charge in [0.05, 0.1) is 0 Å². The molecule has 0 amide bonds. The summed E-state index contributed by atoms with van der Waals surface area (Å²) in [6.45, 7) is 2.83. The molecule has 2 atom stereocenters. The van der Waals surface area contributed by atoms with Crippen LogP contribution in [0.2, 0.25) is 0 Å². The first kappa shape index (κ1) is 7.37. The number of hydrogen-bond donors (Lipinski definition) is 0. The van der Waals surface area contributed by atoms with E-state index >= 15 is 0 Å². The Kier molecular flexibility index (Phi) is 1.68. The summed E-state index contributed by atoms with van der Waals surface area (Å²) in [5, 5.41) is 0. The second-order valence-corrected chi connectivity index (χ2v) is 4.91. The van der Waals surface area contributed by atoms with Crippen LogP contribution in [0.5, 0.6) is 0 Å². The summed E-state index contributed by atoms with van der Waals surface area (Å²) >= 11 is 0. The molecular weight excluding hydrogens is 146 g/mol. The molecule has 12 heavy (non-hydrogen) atoms. The van der Waals surface area contributed by atoms with Gasteiger partial charge in [-0.15, -0.1) is 0 Å². The summed E-state index contributed by atoms with van der Waals surface area (Å²) in [6.07, 6.45) is 9.13. The van der Waals surface area contributed by atoms with E-state index in [-0.39, 0.29) is 0 Å². The van der Waals surface area contributed by atoms with Gasteiger partial charge in [0.2, 0.25) is 0 Å². The zero-order chi connectivity index (χ0) is 7.97. The van der Waals surface area contributed by atoms with Gasteiger partial charge >= 0.3 is 0 Å². The Bertz CT molecular complexity index is 160. The molecule has 0 bridgehead atoms. The van der Waals surface area contributed by atoms with Crippen LogP contribution >= 0.6 is 0 Å². The van der Waals surface area contributed by atoms with E-state index in [1.54, 1.807) is 12.8 Å². The van der Waals surface area contributed by atoms with E-state index in [1.165, 1.54) is 38.8 Å². The smallest absolute Gasteiger partial charge is 0.0152 e. The monoisotopic (exact) mass is 165 g/mol. The third-order valence-electron chi connectivity index (χ3n) is 4.34. The molecule has 0 aromatic heterocycles. The van der Waals surface area contributed by atoms with Gasteiger partial charge in [0.25, 0.3) is 0 Å². The Morgan fingerprint density at radius 3 is 1.92 bits per heavy atom. The van der Waals surface area contributed by atoms with Crippen molar-refractivity contribution >= 4 is 0 Å². The van der Waals surface area contributed by atoms with Gasteiger partial charge in [0, 0.05) is 6.04 Å². The molecule has 1 nitrogen and oxygen atoms in total. The molecule has 1 saturated carbocycles. The lowest BCUT2D eigenvalue weighted by Gasteiger charge is -2.44. The molecule has 0 aromatic rings. The fourth-order valence-electron chi connectivity index (χ4n) is 3.90. The summed E-state index contributed by atoms with van der Waals surface area (Å²) < 4.78 is 0. The number of hydrogen-bond acceptors (Lipinski definition) is 1. The molecule has 2 aliphatic heterocycles. The molecule has 1 heteroatoms. The Morgan fingerprint density at radius 2 is 1.33 bits per heavy atom. The minimum atomic E-state index is 1.03. The van der Waals surface area contributed by atoms with Crippen LogP contribution in [-0.2, 0) is 0 Å². The summed E-state index contributed by atoms with van der Waals surface area (Å²) in [5.41, 5.74) is 0. The lowest BCUT2D eigenvalue weighted by Crippen LogP contribution is -2.49. The van der Waals surface area contributed by atoms with Gasteiger partial charge in [0.15, 0.2) is 0 Å². The molecule has 0 radical (unpaired) electrons. The quantitative estimate of drug-likeness (QED) is 0.532. The SMILES string of the molecule is C1C[C@H]2CC[C@@H]3CCCN(C1)C23. The van der Waals surface area contributed by atoms with Gasteiger partial charge in [-0.25, -0.2) is 0 Å². The highest BCUT2D eigenvalue weighted by atomic mass is 15.2. The van der Waals surface area contributed by atoms with Crippen LogP contribution in [0.4, 0.5) is 0 Å². The predicted octanol–water partition coefficient (Wildman–Crippen LogP) is 2.27. The second-order valence-electron chi connectivity index (χ2n) is 4.91. The molecule has 0 aromatic carbocycles. The van der Waals surface area contributed by atoms with E-state index in [0.29, 0.717) is 0 Å².